The van der Waals surface area contributed by atoms with Crippen molar-refractivity contribution in [2.45, 2.75) is 38.5 Å². The van der Waals surface area contributed by atoms with Gasteiger partial charge in [0.15, 0.2) is 17.5 Å². The second-order valence-corrected chi connectivity index (χ2v) is 12.5. The summed E-state index contributed by atoms with van der Waals surface area (Å²) in [5.41, 5.74) is 9.71. The van der Waals surface area contributed by atoms with E-state index in [1.54, 1.807) is 0 Å². The number of benzene rings is 5. The van der Waals surface area contributed by atoms with Crippen molar-refractivity contribution < 1.29 is 4.42 Å². The lowest BCUT2D eigenvalue weighted by atomic mass is 9.55. The number of fused-ring (bicyclic) bond motifs is 6. The third-order valence-corrected chi connectivity index (χ3v) is 9.69. The molecule has 4 heteroatoms. The molecule has 0 aliphatic heterocycles. The van der Waals surface area contributed by atoms with Crippen LogP contribution in [0.5, 0.6) is 0 Å². The summed E-state index contributed by atoms with van der Waals surface area (Å²) in [5, 5.41) is 2.17. The highest BCUT2D eigenvalue weighted by molar-refractivity contribution is 6.08. The Morgan fingerprint density at radius 3 is 1.63 bits per heavy atom. The van der Waals surface area contributed by atoms with Crippen LogP contribution in [0.2, 0.25) is 0 Å². The van der Waals surface area contributed by atoms with Crippen molar-refractivity contribution in [3.8, 4) is 45.3 Å². The lowest BCUT2D eigenvalue weighted by Crippen LogP contribution is -2.43. The van der Waals surface area contributed by atoms with E-state index in [1.165, 1.54) is 22.3 Å². The van der Waals surface area contributed by atoms with E-state index < -0.39 is 0 Å². The fourth-order valence-corrected chi connectivity index (χ4v) is 6.58. The molecule has 0 unspecified atom stereocenters. The van der Waals surface area contributed by atoms with Crippen molar-refractivity contribution >= 4 is 21.9 Å². The Labute approximate surface area is 251 Å². The highest BCUT2D eigenvalue weighted by atomic mass is 16.3. The third kappa shape index (κ3) is 3.86. The van der Waals surface area contributed by atoms with Crippen LogP contribution < -0.4 is 0 Å². The molecule has 4 nitrogen and oxygen atoms in total. The Morgan fingerprint density at radius 2 is 0.977 bits per heavy atom. The van der Waals surface area contributed by atoms with E-state index in [0.29, 0.717) is 17.5 Å². The molecule has 0 saturated carbocycles. The SMILES string of the molecule is CC1(C)c2ccccc2-c2cc3oc4ccc(-c5nc(-c6ccccc6)nc(-c6ccccc6)n5)cc4c3cc2C1(C)C. The first-order valence-corrected chi connectivity index (χ1v) is 14.8. The lowest BCUT2D eigenvalue weighted by molar-refractivity contribution is 0.299. The van der Waals surface area contributed by atoms with Gasteiger partial charge in [-0.2, -0.15) is 0 Å². The van der Waals surface area contributed by atoms with E-state index in [9.17, 15) is 0 Å². The third-order valence-electron chi connectivity index (χ3n) is 9.69. The molecule has 43 heavy (non-hydrogen) atoms. The number of aromatic nitrogens is 3. The molecule has 8 rings (SSSR count). The zero-order valence-electron chi connectivity index (χ0n) is 24.7. The molecule has 2 aromatic heterocycles. The standard InChI is InChI=1S/C39H31N3O/c1-38(2)31-18-12-11-17-27(31)28-23-34-30(22-32(28)39(38,3)4)29-21-26(19-20-33(29)43-34)37-41-35(24-13-7-5-8-14-24)40-36(42-37)25-15-9-6-10-16-25/h5-23H,1-4H3. The molecule has 0 spiro atoms. The van der Waals surface area contributed by atoms with Gasteiger partial charge in [0.05, 0.1) is 0 Å². The number of rotatable bonds is 3. The van der Waals surface area contributed by atoms with Gasteiger partial charge in [-0.1, -0.05) is 113 Å². The van der Waals surface area contributed by atoms with Crippen molar-refractivity contribution in [3.63, 3.8) is 0 Å². The molecule has 7 aromatic rings. The van der Waals surface area contributed by atoms with Gasteiger partial charge in [0.2, 0.25) is 0 Å². The van der Waals surface area contributed by atoms with E-state index in [1.807, 2.05) is 72.8 Å². The minimum Gasteiger partial charge on any atom is -0.456 e. The Balaban J connectivity index is 1.34. The number of hydrogen-bond acceptors (Lipinski definition) is 4. The van der Waals surface area contributed by atoms with Crippen molar-refractivity contribution in [1.82, 2.24) is 15.0 Å². The molecule has 0 fully saturated rings. The van der Waals surface area contributed by atoms with Crippen LogP contribution in [0.4, 0.5) is 0 Å². The molecule has 1 aliphatic carbocycles. The van der Waals surface area contributed by atoms with E-state index in [2.05, 4.69) is 70.2 Å². The van der Waals surface area contributed by atoms with E-state index in [4.69, 9.17) is 19.4 Å². The van der Waals surface area contributed by atoms with Gasteiger partial charge in [-0.05, 0) is 63.4 Å². The number of nitrogens with zero attached hydrogens (tertiary/aromatic N) is 3. The van der Waals surface area contributed by atoms with Crippen LogP contribution in [0.1, 0.15) is 38.8 Å². The summed E-state index contributed by atoms with van der Waals surface area (Å²) in [6, 6.07) is 39.8. The first kappa shape index (κ1) is 25.6. The van der Waals surface area contributed by atoms with Crippen LogP contribution in [-0.2, 0) is 10.8 Å². The van der Waals surface area contributed by atoms with Crippen molar-refractivity contribution in [3.05, 3.63) is 126 Å². The van der Waals surface area contributed by atoms with Gasteiger partial charge >= 0.3 is 0 Å². The predicted octanol–water partition coefficient (Wildman–Crippen LogP) is 10.0. The molecule has 1 aliphatic rings. The Hall–Kier alpha value is -5.09. The topological polar surface area (TPSA) is 51.8 Å². The fraction of sp³-hybridized carbons (Fsp3) is 0.154. The minimum absolute atomic E-state index is 0.0402. The normalized spacial score (nSPS) is 14.9. The van der Waals surface area contributed by atoms with Crippen molar-refractivity contribution in [2.24, 2.45) is 0 Å². The Bertz CT molecular complexity index is 2120. The number of furan rings is 1. The van der Waals surface area contributed by atoms with Crippen LogP contribution in [0.15, 0.2) is 120 Å². The maximum atomic E-state index is 6.48. The van der Waals surface area contributed by atoms with Crippen molar-refractivity contribution in [2.75, 3.05) is 0 Å². The summed E-state index contributed by atoms with van der Waals surface area (Å²) >= 11 is 0. The highest BCUT2D eigenvalue weighted by Crippen LogP contribution is 2.55. The smallest absolute Gasteiger partial charge is 0.164 e. The Morgan fingerprint density at radius 1 is 0.442 bits per heavy atom. The number of hydrogen-bond donors (Lipinski definition) is 0. The maximum absolute atomic E-state index is 6.48. The fourth-order valence-electron chi connectivity index (χ4n) is 6.58. The molecule has 0 amide bonds. The zero-order chi connectivity index (χ0) is 29.3. The summed E-state index contributed by atoms with van der Waals surface area (Å²) in [6.45, 7) is 9.45. The molecule has 5 aromatic carbocycles. The highest BCUT2D eigenvalue weighted by Gasteiger charge is 2.46. The molecule has 0 bridgehead atoms. The van der Waals surface area contributed by atoms with Gasteiger partial charge in [0.25, 0.3) is 0 Å². The summed E-state index contributed by atoms with van der Waals surface area (Å²) in [4.78, 5) is 14.8. The monoisotopic (exact) mass is 557 g/mol. The summed E-state index contributed by atoms with van der Waals surface area (Å²) in [7, 11) is 0. The van der Waals surface area contributed by atoms with E-state index in [-0.39, 0.29) is 10.8 Å². The first-order valence-electron chi connectivity index (χ1n) is 14.8. The van der Waals surface area contributed by atoms with Gasteiger partial charge in [-0.3, -0.25) is 0 Å². The van der Waals surface area contributed by atoms with Crippen LogP contribution in [-0.4, -0.2) is 15.0 Å². The van der Waals surface area contributed by atoms with Gasteiger partial charge in [-0.25, -0.2) is 15.0 Å². The quantitative estimate of drug-likeness (QED) is 0.217. The molecule has 0 N–H and O–H groups in total. The molecule has 208 valence electrons. The van der Waals surface area contributed by atoms with Gasteiger partial charge in [0.1, 0.15) is 11.2 Å². The first-order chi connectivity index (χ1) is 20.8. The van der Waals surface area contributed by atoms with Crippen LogP contribution >= 0.6 is 0 Å². The molecule has 0 saturated heterocycles. The summed E-state index contributed by atoms with van der Waals surface area (Å²) in [6.07, 6.45) is 0. The largest absolute Gasteiger partial charge is 0.456 e. The average Bonchev–Trinajstić information content (AvgIpc) is 3.41. The molecule has 2 heterocycles. The van der Waals surface area contributed by atoms with Gasteiger partial charge in [0, 0.05) is 27.5 Å². The van der Waals surface area contributed by atoms with Crippen LogP contribution in [0.3, 0.4) is 0 Å². The Kier molecular flexibility index (Phi) is 5.48. The molecule has 0 radical (unpaired) electrons. The second-order valence-electron chi connectivity index (χ2n) is 12.5. The summed E-state index contributed by atoms with van der Waals surface area (Å²) in [5.74, 6) is 1.94. The van der Waals surface area contributed by atoms with Crippen LogP contribution in [0.25, 0.3) is 67.2 Å². The molecule has 0 atom stereocenters. The van der Waals surface area contributed by atoms with Gasteiger partial charge in [-0.15, -0.1) is 0 Å². The lowest BCUT2D eigenvalue weighted by Gasteiger charge is -2.48. The zero-order valence-corrected chi connectivity index (χ0v) is 24.7. The van der Waals surface area contributed by atoms with Crippen LogP contribution in [0, 0.1) is 0 Å². The average molecular weight is 558 g/mol. The predicted molar refractivity (Wildman–Crippen MR) is 175 cm³/mol. The van der Waals surface area contributed by atoms with Gasteiger partial charge < -0.3 is 4.42 Å². The maximum Gasteiger partial charge on any atom is 0.164 e. The molecular weight excluding hydrogens is 526 g/mol. The molecular formula is C39H31N3O. The van der Waals surface area contributed by atoms with E-state index in [0.717, 1.165) is 38.6 Å². The van der Waals surface area contributed by atoms with E-state index >= 15 is 0 Å². The second kappa shape index (κ2) is 9.20. The van der Waals surface area contributed by atoms with Crippen molar-refractivity contribution in [1.29, 1.82) is 0 Å². The minimum atomic E-state index is -0.0878. The summed E-state index contributed by atoms with van der Waals surface area (Å²) < 4.78 is 6.48.